The largest absolute Gasteiger partial charge is 0.251 e. The maximum Gasteiger partial charge on any atom is 0.251 e. The number of sulfonamides is 1. The summed E-state index contributed by atoms with van der Waals surface area (Å²) in [4.78, 5) is 0.968. The zero-order valence-electron chi connectivity index (χ0n) is 9.66. The van der Waals surface area contributed by atoms with E-state index < -0.39 is 15.6 Å². The van der Waals surface area contributed by atoms with Crippen molar-refractivity contribution in [2.75, 3.05) is 0 Å². The van der Waals surface area contributed by atoms with E-state index in [9.17, 15) is 8.42 Å². The number of nitriles is 1. The molecule has 0 radical (unpaired) electrons. The van der Waals surface area contributed by atoms with Crippen LogP contribution in [0, 0.1) is 25.2 Å². The number of hydrogen-bond acceptors (Lipinski definition) is 4. The molecule has 0 amide bonds. The highest BCUT2D eigenvalue weighted by molar-refractivity contribution is 7.91. The van der Waals surface area contributed by atoms with Gasteiger partial charge in [-0.1, -0.05) is 0 Å². The molecule has 1 aromatic rings. The van der Waals surface area contributed by atoms with E-state index in [0.29, 0.717) is 0 Å². The molecule has 0 aliphatic rings. The Labute approximate surface area is 100.0 Å². The topological polar surface area (TPSA) is 70.0 Å². The molecule has 1 heterocycles. The second-order valence-corrected chi connectivity index (χ2v) is 7.31. The van der Waals surface area contributed by atoms with Crippen LogP contribution in [-0.4, -0.2) is 14.0 Å². The van der Waals surface area contributed by atoms with Gasteiger partial charge in [-0.25, -0.2) is 8.42 Å². The fraction of sp³-hybridized carbons (Fsp3) is 0.500. The summed E-state index contributed by atoms with van der Waals surface area (Å²) < 4.78 is 26.5. The third kappa shape index (κ3) is 2.82. The van der Waals surface area contributed by atoms with Crippen molar-refractivity contribution in [2.45, 2.75) is 37.4 Å². The van der Waals surface area contributed by atoms with E-state index in [1.807, 2.05) is 19.9 Å². The third-order valence-electron chi connectivity index (χ3n) is 2.08. The van der Waals surface area contributed by atoms with Crippen molar-refractivity contribution in [3.05, 3.63) is 16.5 Å². The van der Waals surface area contributed by atoms with E-state index in [2.05, 4.69) is 4.72 Å². The first-order valence-corrected chi connectivity index (χ1v) is 7.00. The Morgan fingerprint density at radius 1 is 1.44 bits per heavy atom. The Morgan fingerprint density at radius 3 is 2.38 bits per heavy atom. The molecule has 0 spiro atoms. The maximum absolute atomic E-state index is 11.9. The first-order chi connectivity index (χ1) is 7.18. The molecule has 1 N–H and O–H groups in total. The minimum Gasteiger partial charge on any atom is -0.206 e. The molecular weight excluding hydrogens is 244 g/mol. The Morgan fingerprint density at radius 2 is 2.00 bits per heavy atom. The molecule has 0 atom stereocenters. The lowest BCUT2D eigenvalue weighted by Crippen LogP contribution is -2.41. The van der Waals surface area contributed by atoms with Crippen molar-refractivity contribution in [1.29, 1.82) is 5.26 Å². The first kappa shape index (κ1) is 13.2. The lowest BCUT2D eigenvalue weighted by Gasteiger charge is -2.16. The highest BCUT2D eigenvalue weighted by Crippen LogP contribution is 2.25. The van der Waals surface area contributed by atoms with Crippen LogP contribution in [0.4, 0.5) is 0 Å². The molecule has 0 aliphatic carbocycles. The molecular formula is C10H14N2O2S2. The molecule has 0 saturated heterocycles. The van der Waals surface area contributed by atoms with Gasteiger partial charge in [-0.2, -0.15) is 9.98 Å². The summed E-state index contributed by atoms with van der Waals surface area (Å²) in [5.74, 6) is 0. The predicted molar refractivity (Wildman–Crippen MR) is 63.8 cm³/mol. The second-order valence-electron chi connectivity index (χ2n) is 4.15. The molecule has 16 heavy (non-hydrogen) atoms. The molecule has 1 rings (SSSR count). The molecule has 0 saturated carbocycles. The number of thiophene rings is 1. The van der Waals surface area contributed by atoms with Gasteiger partial charge in [0, 0.05) is 4.88 Å². The fourth-order valence-corrected chi connectivity index (χ4v) is 3.93. The van der Waals surface area contributed by atoms with Gasteiger partial charge in [0.2, 0.25) is 0 Å². The molecule has 1 aromatic heterocycles. The molecule has 0 fully saturated rings. The molecule has 0 bridgehead atoms. The van der Waals surface area contributed by atoms with Crippen LogP contribution < -0.4 is 4.72 Å². The van der Waals surface area contributed by atoms with Crippen LogP contribution in [0.1, 0.15) is 24.3 Å². The van der Waals surface area contributed by atoms with Gasteiger partial charge in [0.15, 0.2) is 0 Å². The number of nitrogens with zero attached hydrogens (tertiary/aromatic N) is 1. The second kappa shape index (κ2) is 4.17. The first-order valence-electron chi connectivity index (χ1n) is 4.70. The summed E-state index contributed by atoms with van der Waals surface area (Å²) in [6.07, 6.45) is 0. The van der Waals surface area contributed by atoms with Gasteiger partial charge in [-0.15, -0.1) is 11.3 Å². The van der Waals surface area contributed by atoms with Crippen molar-refractivity contribution in [1.82, 2.24) is 4.72 Å². The quantitative estimate of drug-likeness (QED) is 0.900. The Balaban J connectivity index is 3.10. The van der Waals surface area contributed by atoms with Gasteiger partial charge >= 0.3 is 0 Å². The standard InChI is InChI=1S/C10H14N2O2S2/c1-7-5-9(15-8(7)2)16(13,14)12-10(3,4)6-11/h5,12H,1-4H3. The molecule has 0 aliphatic heterocycles. The molecule has 0 aromatic carbocycles. The number of rotatable bonds is 3. The zero-order valence-corrected chi connectivity index (χ0v) is 11.3. The van der Waals surface area contributed by atoms with E-state index >= 15 is 0 Å². The number of nitrogens with one attached hydrogen (secondary N) is 1. The predicted octanol–water partition coefficient (Wildman–Crippen LogP) is 1.95. The van der Waals surface area contributed by atoms with Crippen LogP contribution in [0.3, 0.4) is 0 Å². The van der Waals surface area contributed by atoms with Crippen molar-refractivity contribution in [3.8, 4) is 6.07 Å². The van der Waals surface area contributed by atoms with E-state index in [4.69, 9.17) is 5.26 Å². The fourth-order valence-electron chi connectivity index (χ4n) is 1.08. The average molecular weight is 258 g/mol. The summed E-state index contributed by atoms with van der Waals surface area (Å²) in [7, 11) is -3.59. The number of aryl methyl sites for hydroxylation is 2. The summed E-state index contributed by atoms with van der Waals surface area (Å²) in [5, 5.41) is 8.79. The van der Waals surface area contributed by atoms with Crippen molar-refractivity contribution in [3.63, 3.8) is 0 Å². The van der Waals surface area contributed by atoms with Gasteiger partial charge in [-0.3, -0.25) is 0 Å². The Bertz CT molecular complexity index is 516. The third-order valence-corrected chi connectivity index (χ3v) is 5.36. The van der Waals surface area contributed by atoms with Crippen LogP contribution in [0.5, 0.6) is 0 Å². The molecule has 0 unspecified atom stereocenters. The summed E-state index contributed by atoms with van der Waals surface area (Å²) >= 11 is 1.21. The van der Waals surface area contributed by atoms with E-state index in [0.717, 1.165) is 10.4 Å². The molecule has 88 valence electrons. The monoisotopic (exact) mass is 258 g/mol. The normalized spacial score (nSPS) is 12.4. The van der Waals surface area contributed by atoms with Gasteiger partial charge in [0.05, 0.1) is 6.07 Å². The van der Waals surface area contributed by atoms with Crippen molar-refractivity contribution < 1.29 is 8.42 Å². The van der Waals surface area contributed by atoms with Crippen LogP contribution in [0.25, 0.3) is 0 Å². The van der Waals surface area contributed by atoms with Gasteiger partial charge < -0.3 is 0 Å². The Kier molecular flexibility index (Phi) is 3.43. The van der Waals surface area contributed by atoms with E-state index in [1.54, 1.807) is 6.07 Å². The minimum atomic E-state index is -3.59. The summed E-state index contributed by atoms with van der Waals surface area (Å²) in [5.41, 5.74) is -0.148. The average Bonchev–Trinajstić information content (AvgIpc) is 2.46. The zero-order chi connectivity index (χ0) is 12.6. The van der Waals surface area contributed by atoms with Crippen LogP contribution in [0.2, 0.25) is 0 Å². The van der Waals surface area contributed by atoms with Gasteiger partial charge in [0.1, 0.15) is 9.75 Å². The summed E-state index contributed by atoms with van der Waals surface area (Å²) in [6.45, 7) is 6.78. The van der Waals surface area contributed by atoms with Gasteiger partial charge in [0.25, 0.3) is 10.0 Å². The van der Waals surface area contributed by atoms with E-state index in [-0.39, 0.29) is 4.21 Å². The lowest BCUT2D eigenvalue weighted by atomic mass is 10.1. The summed E-state index contributed by atoms with van der Waals surface area (Å²) in [6, 6.07) is 3.52. The Hall–Kier alpha value is -0.900. The van der Waals surface area contributed by atoms with Gasteiger partial charge in [-0.05, 0) is 39.3 Å². The highest BCUT2D eigenvalue weighted by atomic mass is 32.2. The highest BCUT2D eigenvalue weighted by Gasteiger charge is 2.27. The van der Waals surface area contributed by atoms with Crippen LogP contribution in [-0.2, 0) is 10.0 Å². The molecule has 6 heteroatoms. The van der Waals surface area contributed by atoms with E-state index in [1.165, 1.54) is 25.2 Å². The minimum absolute atomic E-state index is 0.255. The van der Waals surface area contributed by atoms with Crippen molar-refractivity contribution >= 4 is 21.4 Å². The maximum atomic E-state index is 11.9. The lowest BCUT2D eigenvalue weighted by molar-refractivity contribution is 0.537. The SMILES string of the molecule is Cc1cc(S(=O)(=O)NC(C)(C)C#N)sc1C. The number of hydrogen-bond donors (Lipinski definition) is 1. The van der Waals surface area contributed by atoms with Crippen LogP contribution >= 0.6 is 11.3 Å². The molecule has 4 nitrogen and oxygen atoms in total. The smallest absolute Gasteiger partial charge is 0.206 e. The van der Waals surface area contributed by atoms with Crippen LogP contribution in [0.15, 0.2) is 10.3 Å². The van der Waals surface area contributed by atoms with Crippen molar-refractivity contribution in [2.24, 2.45) is 0 Å².